The standard InChI is InChI=1S/C23H23N5O7S/c29-19(13-27-11-10-26(22(32)23(27)33)12-16-4-2-1-3-5-16)24-17-6-8-18(9-7-17)36(34,35)28-14-20(30)25-21(31)15-28/h1-9H,10-15H2,(H,24,29)(H,25,30,31). The van der Waals surface area contributed by atoms with Crippen LogP contribution in [0.15, 0.2) is 59.5 Å². The van der Waals surface area contributed by atoms with E-state index in [9.17, 15) is 32.4 Å². The molecule has 2 N–H and O–H groups in total. The second-order valence-electron chi connectivity index (χ2n) is 8.26. The minimum absolute atomic E-state index is 0.154. The zero-order chi connectivity index (χ0) is 25.9. The molecule has 2 aliphatic heterocycles. The number of rotatable bonds is 7. The lowest BCUT2D eigenvalue weighted by Crippen LogP contribution is -2.55. The van der Waals surface area contributed by atoms with Gasteiger partial charge in [0.1, 0.15) is 6.54 Å². The summed E-state index contributed by atoms with van der Waals surface area (Å²) in [6, 6.07) is 14.4. The molecular formula is C23H23N5O7S. The maximum absolute atomic E-state index is 12.7. The maximum atomic E-state index is 12.7. The quantitative estimate of drug-likeness (QED) is 0.361. The average Bonchev–Trinajstić information content (AvgIpc) is 2.84. The summed E-state index contributed by atoms with van der Waals surface area (Å²) < 4.78 is 26.2. The first kappa shape index (κ1) is 25.0. The number of hydrogen-bond donors (Lipinski definition) is 2. The smallest absolute Gasteiger partial charge is 0.312 e. The number of carbonyl (C=O) groups is 5. The molecule has 2 heterocycles. The molecule has 0 spiro atoms. The number of sulfonamides is 1. The number of imide groups is 1. The van der Waals surface area contributed by atoms with Crippen LogP contribution in [0.3, 0.4) is 0 Å². The van der Waals surface area contributed by atoms with Gasteiger partial charge in [0.25, 0.3) is 0 Å². The summed E-state index contributed by atoms with van der Waals surface area (Å²) in [5, 5.41) is 4.60. The van der Waals surface area contributed by atoms with Crippen LogP contribution in [0.25, 0.3) is 0 Å². The van der Waals surface area contributed by atoms with Gasteiger partial charge < -0.3 is 15.1 Å². The van der Waals surface area contributed by atoms with Crippen molar-refractivity contribution in [2.45, 2.75) is 11.4 Å². The molecule has 0 radical (unpaired) electrons. The Labute approximate surface area is 206 Å². The van der Waals surface area contributed by atoms with Gasteiger partial charge in [-0.2, -0.15) is 4.31 Å². The van der Waals surface area contributed by atoms with Crippen molar-refractivity contribution in [3.05, 3.63) is 60.2 Å². The van der Waals surface area contributed by atoms with Gasteiger partial charge in [0, 0.05) is 25.3 Å². The van der Waals surface area contributed by atoms with Crippen molar-refractivity contribution >= 4 is 45.2 Å². The fourth-order valence-electron chi connectivity index (χ4n) is 3.83. The molecule has 2 aromatic carbocycles. The van der Waals surface area contributed by atoms with Crippen LogP contribution in [0.4, 0.5) is 5.69 Å². The summed E-state index contributed by atoms with van der Waals surface area (Å²) in [4.78, 5) is 62.9. The molecule has 188 valence electrons. The number of benzene rings is 2. The van der Waals surface area contributed by atoms with Crippen LogP contribution in [0.1, 0.15) is 5.56 Å². The van der Waals surface area contributed by atoms with Crippen molar-refractivity contribution in [3.63, 3.8) is 0 Å². The molecule has 12 nitrogen and oxygen atoms in total. The van der Waals surface area contributed by atoms with Gasteiger partial charge in [0.2, 0.25) is 27.7 Å². The molecule has 13 heteroatoms. The monoisotopic (exact) mass is 513 g/mol. The Morgan fingerprint density at radius 3 is 2.06 bits per heavy atom. The zero-order valence-corrected chi connectivity index (χ0v) is 19.9. The second-order valence-corrected chi connectivity index (χ2v) is 10.2. The third-order valence-electron chi connectivity index (χ3n) is 5.64. The minimum Gasteiger partial charge on any atom is -0.328 e. The highest BCUT2D eigenvalue weighted by atomic mass is 32.2. The van der Waals surface area contributed by atoms with Crippen molar-refractivity contribution in [2.24, 2.45) is 0 Å². The lowest BCUT2D eigenvalue weighted by Gasteiger charge is -2.33. The van der Waals surface area contributed by atoms with E-state index in [4.69, 9.17) is 0 Å². The van der Waals surface area contributed by atoms with Crippen molar-refractivity contribution in [2.75, 3.05) is 38.0 Å². The van der Waals surface area contributed by atoms with Crippen LogP contribution >= 0.6 is 0 Å². The summed E-state index contributed by atoms with van der Waals surface area (Å²) in [5.41, 5.74) is 1.17. The Morgan fingerprint density at radius 1 is 0.833 bits per heavy atom. The molecule has 0 aliphatic carbocycles. The summed E-state index contributed by atoms with van der Waals surface area (Å²) in [5.74, 6) is -3.44. The molecule has 0 saturated carbocycles. The van der Waals surface area contributed by atoms with Gasteiger partial charge in [-0.25, -0.2) is 8.42 Å². The first-order chi connectivity index (χ1) is 17.1. The third-order valence-corrected chi connectivity index (χ3v) is 7.45. The van der Waals surface area contributed by atoms with Gasteiger partial charge in [0.05, 0.1) is 18.0 Å². The summed E-state index contributed by atoms with van der Waals surface area (Å²) in [6.07, 6.45) is 0. The Kier molecular flexibility index (Phi) is 7.12. The van der Waals surface area contributed by atoms with Crippen LogP contribution in [0.2, 0.25) is 0 Å². The Hall–Kier alpha value is -4.10. The third kappa shape index (κ3) is 5.58. The largest absolute Gasteiger partial charge is 0.328 e. The molecule has 2 aromatic rings. The number of nitrogens with one attached hydrogen (secondary N) is 2. The first-order valence-electron chi connectivity index (χ1n) is 11.0. The topological polar surface area (TPSA) is 153 Å². The number of carbonyl (C=O) groups excluding carboxylic acids is 5. The van der Waals surface area contributed by atoms with Crippen LogP contribution in [0, 0.1) is 0 Å². The van der Waals surface area contributed by atoms with Crippen LogP contribution in [-0.2, 0) is 40.5 Å². The molecule has 2 fully saturated rings. The molecular weight excluding hydrogens is 490 g/mol. The summed E-state index contributed by atoms with van der Waals surface area (Å²) >= 11 is 0. The van der Waals surface area contributed by atoms with Crippen LogP contribution < -0.4 is 10.6 Å². The fourth-order valence-corrected chi connectivity index (χ4v) is 5.19. The number of hydrogen-bond acceptors (Lipinski definition) is 7. The number of amides is 5. The van der Waals surface area contributed by atoms with Crippen LogP contribution in [0.5, 0.6) is 0 Å². The Balaban J connectivity index is 1.33. The van der Waals surface area contributed by atoms with E-state index in [-0.39, 0.29) is 30.2 Å². The predicted octanol–water partition coefficient (Wildman–Crippen LogP) is -0.857. The van der Waals surface area contributed by atoms with Gasteiger partial charge >= 0.3 is 11.8 Å². The van der Waals surface area contributed by atoms with Crippen molar-refractivity contribution in [3.8, 4) is 0 Å². The molecule has 2 aliphatic rings. The van der Waals surface area contributed by atoms with E-state index in [0.717, 1.165) is 14.8 Å². The lowest BCUT2D eigenvalue weighted by molar-refractivity contribution is -0.157. The Bertz CT molecular complexity index is 1300. The van der Waals surface area contributed by atoms with Gasteiger partial charge in [-0.05, 0) is 29.8 Å². The maximum Gasteiger partial charge on any atom is 0.312 e. The van der Waals surface area contributed by atoms with Crippen molar-refractivity contribution in [1.29, 1.82) is 0 Å². The highest BCUT2D eigenvalue weighted by molar-refractivity contribution is 7.89. The normalized spacial score (nSPS) is 17.2. The van der Waals surface area contributed by atoms with Crippen molar-refractivity contribution in [1.82, 2.24) is 19.4 Å². The molecule has 36 heavy (non-hydrogen) atoms. The number of piperazine rings is 2. The van der Waals surface area contributed by atoms with E-state index in [1.54, 1.807) is 0 Å². The lowest BCUT2D eigenvalue weighted by atomic mass is 10.2. The van der Waals surface area contributed by atoms with E-state index < -0.39 is 52.6 Å². The number of nitrogens with zero attached hydrogens (tertiary/aromatic N) is 3. The summed E-state index contributed by atoms with van der Waals surface area (Å²) in [7, 11) is -4.09. The van der Waals surface area contributed by atoms with Gasteiger partial charge in [-0.3, -0.25) is 29.3 Å². The molecule has 2 saturated heterocycles. The van der Waals surface area contributed by atoms with Gasteiger partial charge in [-0.15, -0.1) is 0 Å². The summed E-state index contributed by atoms with van der Waals surface area (Å²) in [6.45, 7) is -0.498. The zero-order valence-electron chi connectivity index (χ0n) is 19.0. The van der Waals surface area contributed by atoms with E-state index in [1.165, 1.54) is 29.2 Å². The fraction of sp³-hybridized carbons (Fsp3) is 0.261. The van der Waals surface area contributed by atoms with E-state index in [1.807, 2.05) is 35.6 Å². The predicted molar refractivity (Wildman–Crippen MR) is 125 cm³/mol. The molecule has 5 amide bonds. The first-order valence-corrected chi connectivity index (χ1v) is 12.4. The van der Waals surface area contributed by atoms with Gasteiger partial charge in [0.15, 0.2) is 0 Å². The van der Waals surface area contributed by atoms with Crippen molar-refractivity contribution < 1.29 is 32.4 Å². The average molecular weight is 514 g/mol. The van der Waals surface area contributed by atoms with Crippen LogP contribution in [-0.4, -0.2) is 84.8 Å². The van der Waals surface area contributed by atoms with E-state index >= 15 is 0 Å². The molecule has 0 bridgehead atoms. The second kappa shape index (κ2) is 10.3. The molecule has 0 unspecified atom stereocenters. The molecule has 0 atom stereocenters. The highest BCUT2D eigenvalue weighted by Gasteiger charge is 2.34. The molecule has 4 rings (SSSR count). The van der Waals surface area contributed by atoms with E-state index in [2.05, 4.69) is 5.32 Å². The van der Waals surface area contributed by atoms with Gasteiger partial charge in [-0.1, -0.05) is 30.3 Å². The number of anilines is 1. The molecule has 0 aromatic heterocycles. The minimum atomic E-state index is -4.09. The Morgan fingerprint density at radius 2 is 1.42 bits per heavy atom. The highest BCUT2D eigenvalue weighted by Crippen LogP contribution is 2.19. The van der Waals surface area contributed by atoms with E-state index in [0.29, 0.717) is 6.54 Å². The SMILES string of the molecule is O=C1CN(S(=O)(=O)c2ccc(NC(=O)CN3CCN(Cc4ccccc4)C(=O)C3=O)cc2)CC(=O)N1.